The molecule has 0 spiro atoms. The summed E-state index contributed by atoms with van der Waals surface area (Å²) in [6.07, 6.45) is 0. The first-order valence-corrected chi connectivity index (χ1v) is 14.2. The van der Waals surface area contributed by atoms with Gasteiger partial charge in [-0.1, -0.05) is 98.8 Å². The smallest absolute Gasteiger partial charge is 0.136 e. The number of anilines is 3. The molecule has 2 heteroatoms. The van der Waals surface area contributed by atoms with Gasteiger partial charge in [-0.15, -0.1) is 0 Å². The molecule has 0 unspecified atom stereocenters. The summed E-state index contributed by atoms with van der Waals surface area (Å²) in [6, 6.07) is 49.9. The third-order valence-corrected chi connectivity index (χ3v) is 8.66. The van der Waals surface area contributed by atoms with Crippen molar-refractivity contribution in [3.05, 3.63) is 151 Å². The van der Waals surface area contributed by atoms with Gasteiger partial charge in [-0.05, 0) is 88.0 Å². The number of rotatable bonds is 4. The van der Waals surface area contributed by atoms with E-state index in [0.29, 0.717) is 0 Å². The van der Waals surface area contributed by atoms with Crippen LogP contribution in [0.5, 0.6) is 0 Å². The van der Waals surface area contributed by atoms with Crippen LogP contribution in [0.3, 0.4) is 0 Å². The number of furan rings is 1. The molecule has 196 valence electrons. The van der Waals surface area contributed by atoms with Crippen LogP contribution < -0.4 is 4.90 Å². The molecule has 41 heavy (non-hydrogen) atoms. The molecule has 0 saturated heterocycles. The molecule has 0 amide bonds. The molecule has 1 heterocycles. The van der Waals surface area contributed by atoms with Gasteiger partial charge in [-0.3, -0.25) is 0 Å². The second kappa shape index (κ2) is 8.97. The minimum absolute atomic E-state index is 0.146. The van der Waals surface area contributed by atoms with Crippen LogP contribution in [0, 0.1) is 0 Å². The van der Waals surface area contributed by atoms with E-state index in [1.165, 1.54) is 44.2 Å². The molecule has 0 atom stereocenters. The molecule has 0 fully saturated rings. The number of fused-ring (bicyclic) bond motifs is 6. The highest BCUT2D eigenvalue weighted by atomic mass is 16.3. The average Bonchev–Trinajstić information content (AvgIpc) is 3.49. The molecule has 0 saturated carbocycles. The van der Waals surface area contributed by atoms with Crippen molar-refractivity contribution in [1.29, 1.82) is 0 Å². The van der Waals surface area contributed by atoms with E-state index in [2.05, 4.69) is 152 Å². The molecule has 0 radical (unpaired) electrons. The summed E-state index contributed by atoms with van der Waals surface area (Å²) < 4.78 is 6.27. The molecule has 1 aliphatic carbocycles. The van der Waals surface area contributed by atoms with Gasteiger partial charge in [-0.2, -0.15) is 0 Å². The fourth-order valence-electron chi connectivity index (χ4n) is 6.54. The molecular formula is C39H29NO. The van der Waals surface area contributed by atoms with E-state index in [0.717, 1.165) is 28.2 Å². The van der Waals surface area contributed by atoms with E-state index in [9.17, 15) is 0 Å². The van der Waals surface area contributed by atoms with Crippen molar-refractivity contribution in [1.82, 2.24) is 0 Å². The van der Waals surface area contributed by atoms with Gasteiger partial charge in [0.05, 0.1) is 0 Å². The SMILES string of the molecule is CC1(C)c2cc(N(c3ccccc3)c3ccc(-c4ccccc4)cc3)ccc2-c2cc3oc4ccccc4c3cc21. The van der Waals surface area contributed by atoms with Gasteiger partial charge >= 0.3 is 0 Å². The third kappa shape index (κ3) is 3.72. The molecule has 0 bridgehead atoms. The van der Waals surface area contributed by atoms with Crippen LogP contribution in [0.2, 0.25) is 0 Å². The van der Waals surface area contributed by atoms with Gasteiger partial charge in [0, 0.05) is 33.2 Å². The van der Waals surface area contributed by atoms with Crippen LogP contribution in [0.1, 0.15) is 25.0 Å². The van der Waals surface area contributed by atoms with Crippen LogP contribution in [0.4, 0.5) is 17.1 Å². The fraction of sp³-hybridized carbons (Fsp3) is 0.0769. The summed E-state index contributed by atoms with van der Waals surface area (Å²) in [5.74, 6) is 0. The Bertz CT molecular complexity index is 2050. The number of hydrogen-bond acceptors (Lipinski definition) is 2. The van der Waals surface area contributed by atoms with Crippen LogP contribution >= 0.6 is 0 Å². The van der Waals surface area contributed by atoms with Gasteiger partial charge in [0.1, 0.15) is 11.2 Å². The van der Waals surface area contributed by atoms with Crippen LogP contribution in [-0.2, 0) is 5.41 Å². The van der Waals surface area contributed by atoms with Gasteiger partial charge < -0.3 is 9.32 Å². The Balaban J connectivity index is 1.26. The van der Waals surface area contributed by atoms with E-state index < -0.39 is 0 Å². The number of para-hydroxylation sites is 2. The van der Waals surface area contributed by atoms with E-state index >= 15 is 0 Å². The van der Waals surface area contributed by atoms with Gasteiger partial charge in [0.25, 0.3) is 0 Å². The summed E-state index contributed by atoms with van der Waals surface area (Å²) in [4.78, 5) is 2.35. The lowest BCUT2D eigenvalue weighted by molar-refractivity contribution is 0.658. The second-order valence-corrected chi connectivity index (χ2v) is 11.4. The third-order valence-electron chi connectivity index (χ3n) is 8.66. The molecule has 1 aliphatic rings. The van der Waals surface area contributed by atoms with E-state index in [4.69, 9.17) is 4.42 Å². The standard InChI is InChI=1S/C39H29NO/c1-39(2)35-23-30(21-22-31(35)33-25-38-34(24-36(33)39)32-15-9-10-16-37(32)41-38)40(28-13-7-4-8-14-28)29-19-17-27(18-20-29)26-11-5-3-6-12-26/h3-25H,1-2H3. The highest BCUT2D eigenvalue weighted by Gasteiger charge is 2.37. The maximum Gasteiger partial charge on any atom is 0.136 e. The Morgan fingerprint density at radius 1 is 0.463 bits per heavy atom. The second-order valence-electron chi connectivity index (χ2n) is 11.4. The van der Waals surface area contributed by atoms with Crippen molar-refractivity contribution < 1.29 is 4.42 Å². The Morgan fingerprint density at radius 3 is 1.85 bits per heavy atom. The lowest BCUT2D eigenvalue weighted by Gasteiger charge is -2.28. The van der Waals surface area contributed by atoms with Gasteiger partial charge in [0.2, 0.25) is 0 Å². The van der Waals surface area contributed by atoms with Crippen molar-refractivity contribution in [2.75, 3.05) is 4.90 Å². The molecule has 6 aromatic carbocycles. The van der Waals surface area contributed by atoms with E-state index in [-0.39, 0.29) is 5.41 Å². The van der Waals surface area contributed by atoms with Crippen molar-refractivity contribution in [3.8, 4) is 22.3 Å². The minimum Gasteiger partial charge on any atom is -0.456 e. The first-order valence-electron chi connectivity index (χ1n) is 14.2. The topological polar surface area (TPSA) is 16.4 Å². The summed E-state index contributed by atoms with van der Waals surface area (Å²) in [5.41, 5.74) is 12.8. The summed E-state index contributed by atoms with van der Waals surface area (Å²) in [5, 5.41) is 2.36. The summed E-state index contributed by atoms with van der Waals surface area (Å²) >= 11 is 0. The normalized spacial score (nSPS) is 13.3. The van der Waals surface area contributed by atoms with E-state index in [1.54, 1.807) is 0 Å². The Kier molecular flexibility index (Phi) is 5.20. The minimum atomic E-state index is -0.146. The summed E-state index contributed by atoms with van der Waals surface area (Å²) in [6.45, 7) is 4.69. The maximum absolute atomic E-state index is 6.27. The molecule has 0 N–H and O–H groups in total. The largest absolute Gasteiger partial charge is 0.456 e. The molecule has 1 aromatic heterocycles. The fourth-order valence-corrected chi connectivity index (χ4v) is 6.54. The lowest BCUT2D eigenvalue weighted by atomic mass is 9.82. The molecule has 8 rings (SSSR count). The van der Waals surface area contributed by atoms with Crippen LogP contribution in [0.15, 0.2) is 144 Å². The first kappa shape index (κ1) is 23.8. The first-order chi connectivity index (χ1) is 20.1. The van der Waals surface area contributed by atoms with Crippen LogP contribution in [-0.4, -0.2) is 0 Å². The Labute approximate surface area is 240 Å². The monoisotopic (exact) mass is 527 g/mol. The molecule has 0 aliphatic heterocycles. The number of benzene rings is 6. The maximum atomic E-state index is 6.27. The van der Waals surface area contributed by atoms with Crippen molar-refractivity contribution in [2.24, 2.45) is 0 Å². The van der Waals surface area contributed by atoms with Crippen molar-refractivity contribution in [2.45, 2.75) is 19.3 Å². The van der Waals surface area contributed by atoms with E-state index in [1.807, 2.05) is 6.07 Å². The van der Waals surface area contributed by atoms with Gasteiger partial charge in [-0.25, -0.2) is 0 Å². The Morgan fingerprint density at radius 2 is 1.07 bits per heavy atom. The lowest BCUT2D eigenvalue weighted by Crippen LogP contribution is -2.16. The molecule has 7 aromatic rings. The van der Waals surface area contributed by atoms with Crippen LogP contribution in [0.25, 0.3) is 44.2 Å². The predicted molar refractivity (Wildman–Crippen MR) is 171 cm³/mol. The average molecular weight is 528 g/mol. The highest BCUT2D eigenvalue weighted by Crippen LogP contribution is 2.52. The highest BCUT2D eigenvalue weighted by molar-refractivity contribution is 6.07. The molecular weight excluding hydrogens is 498 g/mol. The van der Waals surface area contributed by atoms with Crippen molar-refractivity contribution in [3.63, 3.8) is 0 Å². The zero-order valence-electron chi connectivity index (χ0n) is 23.1. The van der Waals surface area contributed by atoms with Crippen molar-refractivity contribution >= 4 is 39.0 Å². The number of nitrogens with zero attached hydrogens (tertiary/aromatic N) is 1. The quantitative estimate of drug-likeness (QED) is 0.226. The Hall–Kier alpha value is -5.08. The zero-order chi connectivity index (χ0) is 27.6. The molecule has 2 nitrogen and oxygen atoms in total. The predicted octanol–water partition coefficient (Wildman–Crippen LogP) is 11.0. The zero-order valence-corrected chi connectivity index (χ0v) is 23.1. The number of hydrogen-bond donors (Lipinski definition) is 0. The summed E-state index contributed by atoms with van der Waals surface area (Å²) in [7, 11) is 0. The van der Waals surface area contributed by atoms with Gasteiger partial charge in [0.15, 0.2) is 0 Å².